The molecule has 0 radical (unpaired) electrons. The second-order valence-electron chi connectivity index (χ2n) is 5.59. The minimum absolute atomic E-state index is 0.253. The first-order valence-electron chi connectivity index (χ1n) is 7.94. The van der Waals surface area contributed by atoms with Crippen molar-refractivity contribution in [2.45, 2.75) is 6.54 Å². The Bertz CT molecular complexity index is 924. The summed E-state index contributed by atoms with van der Waals surface area (Å²) in [5, 5.41) is 10.5. The largest absolute Gasteiger partial charge is 0.459 e. The Balaban J connectivity index is 1.51. The number of carbonyl (C=O) groups is 1. The quantitative estimate of drug-likeness (QED) is 0.488. The number of carbonyl (C=O) groups excluding carboxylic acids is 1. The number of amides is 1. The Kier molecular flexibility index (Phi) is 6.34. The van der Waals surface area contributed by atoms with Gasteiger partial charge in [0, 0.05) is 28.0 Å². The van der Waals surface area contributed by atoms with Gasteiger partial charge in [-0.15, -0.1) is 0 Å². The Labute approximate surface area is 171 Å². The minimum atomic E-state index is -0.307. The summed E-state index contributed by atoms with van der Waals surface area (Å²) in [5.74, 6) is -0.0539. The highest BCUT2D eigenvalue weighted by molar-refractivity contribution is 7.80. The van der Waals surface area contributed by atoms with Crippen molar-refractivity contribution in [3.8, 4) is 0 Å². The predicted octanol–water partition coefficient (Wildman–Crippen LogP) is 5.33. The van der Waals surface area contributed by atoms with Crippen LogP contribution >= 0.6 is 35.4 Å². The molecule has 2 aromatic carbocycles. The van der Waals surface area contributed by atoms with Crippen LogP contribution in [0.15, 0.2) is 65.3 Å². The van der Waals surface area contributed by atoms with Crippen LogP contribution in [0.1, 0.15) is 16.1 Å². The van der Waals surface area contributed by atoms with Crippen LogP contribution in [0, 0.1) is 0 Å². The van der Waals surface area contributed by atoms with E-state index < -0.39 is 0 Å². The third-order valence-corrected chi connectivity index (χ3v) is 4.20. The van der Waals surface area contributed by atoms with Crippen molar-refractivity contribution in [3.05, 3.63) is 82.2 Å². The van der Waals surface area contributed by atoms with E-state index in [1.54, 1.807) is 30.3 Å². The number of benzene rings is 2. The Morgan fingerprint density at radius 2 is 1.59 bits per heavy atom. The van der Waals surface area contributed by atoms with Gasteiger partial charge in [-0.2, -0.15) is 0 Å². The van der Waals surface area contributed by atoms with Crippen molar-refractivity contribution in [1.29, 1.82) is 0 Å². The molecule has 8 heteroatoms. The molecular formula is C19H15Cl2N3O2S. The van der Waals surface area contributed by atoms with E-state index in [1.807, 2.05) is 24.3 Å². The van der Waals surface area contributed by atoms with Gasteiger partial charge in [0.15, 0.2) is 10.9 Å². The number of hydrogen-bond donors (Lipinski definition) is 3. The van der Waals surface area contributed by atoms with Crippen LogP contribution in [-0.2, 0) is 6.54 Å². The Hall–Kier alpha value is -2.54. The Morgan fingerprint density at radius 3 is 2.19 bits per heavy atom. The van der Waals surface area contributed by atoms with Crippen LogP contribution in [0.3, 0.4) is 0 Å². The van der Waals surface area contributed by atoms with Crippen molar-refractivity contribution in [2.75, 3.05) is 10.6 Å². The molecule has 0 fully saturated rings. The summed E-state index contributed by atoms with van der Waals surface area (Å²) in [6.07, 6.45) is 1.45. The molecule has 138 valence electrons. The van der Waals surface area contributed by atoms with Gasteiger partial charge in [0.25, 0.3) is 5.91 Å². The highest BCUT2D eigenvalue weighted by atomic mass is 35.5. The summed E-state index contributed by atoms with van der Waals surface area (Å²) in [5.41, 5.74) is 2.36. The predicted molar refractivity (Wildman–Crippen MR) is 113 cm³/mol. The first kappa shape index (κ1) is 19.2. The van der Waals surface area contributed by atoms with Gasteiger partial charge in [0.2, 0.25) is 0 Å². The van der Waals surface area contributed by atoms with E-state index in [-0.39, 0.29) is 11.7 Å². The van der Waals surface area contributed by atoms with Crippen LogP contribution < -0.4 is 16.0 Å². The van der Waals surface area contributed by atoms with Crippen LogP contribution in [0.2, 0.25) is 10.0 Å². The third kappa shape index (κ3) is 5.72. The van der Waals surface area contributed by atoms with Gasteiger partial charge in [0.1, 0.15) is 0 Å². The molecule has 0 aliphatic heterocycles. The lowest BCUT2D eigenvalue weighted by Gasteiger charge is -2.12. The maximum absolute atomic E-state index is 11.9. The standard InChI is InChI=1S/C19H15Cl2N3O2S/c20-13-8-12(9-14(21)10-13)11-22-19(27)24-16-5-3-15(4-6-16)23-18(25)17-2-1-7-26-17/h1-10H,11H2,(H,23,25)(H2,22,24,27). The maximum Gasteiger partial charge on any atom is 0.291 e. The molecule has 0 atom stereocenters. The monoisotopic (exact) mass is 419 g/mol. The van der Waals surface area contributed by atoms with Gasteiger partial charge in [-0.3, -0.25) is 4.79 Å². The zero-order valence-corrected chi connectivity index (χ0v) is 16.3. The summed E-state index contributed by atoms with van der Waals surface area (Å²) < 4.78 is 5.06. The molecule has 27 heavy (non-hydrogen) atoms. The number of anilines is 2. The lowest BCUT2D eigenvalue weighted by atomic mass is 10.2. The van der Waals surface area contributed by atoms with Gasteiger partial charge >= 0.3 is 0 Å². The number of furan rings is 1. The summed E-state index contributed by atoms with van der Waals surface area (Å²) in [6.45, 7) is 0.489. The van der Waals surface area contributed by atoms with Gasteiger partial charge < -0.3 is 20.4 Å². The first-order chi connectivity index (χ1) is 13.0. The summed E-state index contributed by atoms with van der Waals surface area (Å²) >= 11 is 17.3. The minimum Gasteiger partial charge on any atom is -0.459 e. The first-order valence-corrected chi connectivity index (χ1v) is 9.11. The van der Waals surface area contributed by atoms with Crippen molar-refractivity contribution in [3.63, 3.8) is 0 Å². The molecule has 0 aliphatic carbocycles. The highest BCUT2D eigenvalue weighted by Crippen LogP contribution is 2.19. The molecule has 0 aliphatic rings. The number of halogens is 2. The van der Waals surface area contributed by atoms with Crippen molar-refractivity contribution >= 4 is 57.8 Å². The molecule has 0 saturated carbocycles. The van der Waals surface area contributed by atoms with E-state index in [1.165, 1.54) is 6.26 Å². The molecule has 0 bridgehead atoms. The topological polar surface area (TPSA) is 66.3 Å². The second-order valence-corrected chi connectivity index (χ2v) is 6.88. The number of rotatable bonds is 5. The average Bonchev–Trinajstić information content (AvgIpc) is 3.16. The molecular weight excluding hydrogens is 405 g/mol. The fraction of sp³-hybridized carbons (Fsp3) is 0.0526. The van der Waals surface area contributed by atoms with Crippen LogP contribution in [0.5, 0.6) is 0 Å². The number of thiocarbonyl (C=S) groups is 1. The van der Waals surface area contributed by atoms with Gasteiger partial charge in [-0.1, -0.05) is 23.2 Å². The van der Waals surface area contributed by atoms with E-state index in [2.05, 4.69) is 16.0 Å². The van der Waals surface area contributed by atoms with Crippen LogP contribution in [0.4, 0.5) is 11.4 Å². The van der Waals surface area contributed by atoms with E-state index in [9.17, 15) is 4.79 Å². The van der Waals surface area contributed by atoms with E-state index in [4.69, 9.17) is 39.8 Å². The van der Waals surface area contributed by atoms with Crippen molar-refractivity contribution in [1.82, 2.24) is 5.32 Å². The number of hydrogen-bond acceptors (Lipinski definition) is 3. The zero-order valence-electron chi connectivity index (χ0n) is 14.0. The van der Waals surface area contributed by atoms with Crippen molar-refractivity contribution < 1.29 is 9.21 Å². The number of nitrogens with one attached hydrogen (secondary N) is 3. The molecule has 3 rings (SSSR count). The van der Waals surface area contributed by atoms with E-state index in [0.717, 1.165) is 11.3 Å². The molecule has 5 nitrogen and oxygen atoms in total. The Morgan fingerprint density at radius 1 is 0.963 bits per heavy atom. The molecule has 0 saturated heterocycles. The second kappa shape index (κ2) is 8.90. The summed E-state index contributed by atoms with van der Waals surface area (Å²) in [7, 11) is 0. The zero-order chi connectivity index (χ0) is 19.2. The van der Waals surface area contributed by atoms with Crippen LogP contribution in [0.25, 0.3) is 0 Å². The molecule has 3 N–H and O–H groups in total. The SMILES string of the molecule is O=C(Nc1ccc(NC(=S)NCc2cc(Cl)cc(Cl)c2)cc1)c1ccco1. The average molecular weight is 420 g/mol. The molecule has 3 aromatic rings. The van der Waals surface area contributed by atoms with Crippen LogP contribution in [-0.4, -0.2) is 11.0 Å². The van der Waals surface area contributed by atoms with Gasteiger partial charge in [-0.25, -0.2) is 0 Å². The van der Waals surface area contributed by atoms with E-state index in [0.29, 0.717) is 27.4 Å². The lowest BCUT2D eigenvalue weighted by Crippen LogP contribution is -2.27. The van der Waals surface area contributed by atoms with Gasteiger partial charge in [0.05, 0.1) is 6.26 Å². The van der Waals surface area contributed by atoms with Gasteiger partial charge in [-0.05, 0) is 72.4 Å². The normalized spacial score (nSPS) is 10.3. The molecule has 1 aromatic heterocycles. The summed E-state index contributed by atoms with van der Waals surface area (Å²) in [4.78, 5) is 11.9. The molecule has 0 unspecified atom stereocenters. The van der Waals surface area contributed by atoms with Crippen molar-refractivity contribution in [2.24, 2.45) is 0 Å². The summed E-state index contributed by atoms with van der Waals surface area (Å²) in [6, 6.07) is 15.7. The highest BCUT2D eigenvalue weighted by Gasteiger charge is 2.08. The lowest BCUT2D eigenvalue weighted by molar-refractivity contribution is 0.0996. The van der Waals surface area contributed by atoms with E-state index >= 15 is 0 Å². The molecule has 1 heterocycles. The third-order valence-electron chi connectivity index (χ3n) is 3.52. The smallest absolute Gasteiger partial charge is 0.291 e. The maximum atomic E-state index is 11.9. The fourth-order valence-electron chi connectivity index (χ4n) is 2.31. The molecule has 0 spiro atoms. The fourth-order valence-corrected chi connectivity index (χ4v) is 3.07. The molecule has 1 amide bonds.